The maximum atomic E-state index is 12.5. The Balaban J connectivity index is 2.16. The molecule has 0 fully saturated rings. The van der Waals surface area contributed by atoms with Crippen LogP contribution in [0.25, 0.3) is 0 Å². The van der Waals surface area contributed by atoms with E-state index in [1.165, 1.54) is 6.07 Å². The van der Waals surface area contributed by atoms with Crippen molar-refractivity contribution in [1.82, 2.24) is 9.97 Å². The van der Waals surface area contributed by atoms with Crippen molar-refractivity contribution >= 4 is 22.9 Å². The van der Waals surface area contributed by atoms with Gasteiger partial charge < -0.3 is 0 Å². The van der Waals surface area contributed by atoms with E-state index in [4.69, 9.17) is 0 Å². The number of pyridine rings is 1. The highest BCUT2D eigenvalue weighted by atomic mass is 32.1. The van der Waals surface area contributed by atoms with Gasteiger partial charge in [-0.25, -0.2) is 9.97 Å². The van der Waals surface area contributed by atoms with Gasteiger partial charge in [0.05, 0.1) is 26.9 Å². The molecule has 0 amide bonds. The van der Waals surface area contributed by atoms with Gasteiger partial charge in [-0.3, -0.25) is 5.43 Å². The molecule has 130 valence electrons. The zero-order chi connectivity index (χ0) is 18.1. The van der Waals surface area contributed by atoms with E-state index in [2.05, 4.69) is 41.3 Å². The summed E-state index contributed by atoms with van der Waals surface area (Å²) in [5, 5.41) is 5.22. The van der Waals surface area contributed by atoms with Gasteiger partial charge in [-0.2, -0.15) is 18.3 Å². The number of thiazole rings is 1. The normalized spacial score (nSPS) is 13.2. The summed E-state index contributed by atoms with van der Waals surface area (Å²) in [5.41, 5.74) is 3.44. The highest BCUT2D eigenvalue weighted by molar-refractivity contribution is 7.14. The lowest BCUT2D eigenvalue weighted by molar-refractivity contribution is -0.137. The Bertz CT molecular complexity index is 740. The summed E-state index contributed by atoms with van der Waals surface area (Å²) >= 11 is 1.56. The van der Waals surface area contributed by atoms with Crippen LogP contribution in [0.5, 0.6) is 0 Å². The van der Waals surface area contributed by atoms with E-state index in [1.807, 2.05) is 13.8 Å². The number of rotatable bonds is 3. The first kappa shape index (κ1) is 18.4. The quantitative estimate of drug-likeness (QED) is 0.622. The number of alkyl halides is 3. The van der Waals surface area contributed by atoms with Crippen LogP contribution < -0.4 is 5.43 Å². The molecule has 0 aliphatic rings. The molecule has 8 heteroatoms. The molecule has 2 rings (SSSR count). The van der Waals surface area contributed by atoms with Crippen molar-refractivity contribution in [2.75, 3.05) is 5.43 Å². The number of nitrogens with zero attached hydrogens (tertiary/aromatic N) is 3. The summed E-state index contributed by atoms with van der Waals surface area (Å²) in [5.74, 6) is 0.251. The molecule has 0 saturated heterocycles. The average molecular weight is 356 g/mol. The summed E-state index contributed by atoms with van der Waals surface area (Å²) in [6, 6.07) is 2.22. The van der Waals surface area contributed by atoms with Crippen LogP contribution >= 0.6 is 11.3 Å². The van der Waals surface area contributed by atoms with Gasteiger partial charge in [0, 0.05) is 11.6 Å². The first-order valence-corrected chi connectivity index (χ1v) is 8.12. The molecule has 0 unspecified atom stereocenters. The second kappa shape index (κ2) is 6.51. The monoisotopic (exact) mass is 356 g/mol. The maximum Gasteiger partial charge on any atom is 0.417 e. The van der Waals surface area contributed by atoms with Crippen LogP contribution in [0, 0.1) is 6.92 Å². The third kappa shape index (κ3) is 4.31. The Labute approximate surface area is 142 Å². The Hall–Kier alpha value is -1.96. The van der Waals surface area contributed by atoms with Crippen LogP contribution in [0.15, 0.2) is 23.4 Å². The van der Waals surface area contributed by atoms with E-state index in [-0.39, 0.29) is 11.2 Å². The number of hydrazone groups is 1. The molecule has 0 atom stereocenters. The molecule has 0 saturated carbocycles. The highest BCUT2D eigenvalue weighted by Gasteiger charge is 2.30. The molecular formula is C16H19F3N4S. The lowest BCUT2D eigenvalue weighted by atomic mass is 9.98. The summed E-state index contributed by atoms with van der Waals surface area (Å²) < 4.78 is 37.5. The molecule has 2 aromatic heterocycles. The van der Waals surface area contributed by atoms with Gasteiger partial charge in [0.15, 0.2) is 0 Å². The number of nitrogens with one attached hydrogen (secondary N) is 1. The van der Waals surface area contributed by atoms with Crippen LogP contribution in [-0.2, 0) is 11.6 Å². The highest BCUT2D eigenvalue weighted by Crippen LogP contribution is 2.30. The van der Waals surface area contributed by atoms with Crippen LogP contribution in [0.1, 0.15) is 48.8 Å². The largest absolute Gasteiger partial charge is 0.417 e. The number of hydrogen-bond acceptors (Lipinski definition) is 5. The minimum Gasteiger partial charge on any atom is -0.261 e. The summed E-state index contributed by atoms with van der Waals surface area (Å²) in [6.45, 7) is 10.0. The fourth-order valence-electron chi connectivity index (χ4n) is 1.87. The summed E-state index contributed by atoms with van der Waals surface area (Å²) in [6.07, 6.45) is -3.61. The van der Waals surface area contributed by atoms with Gasteiger partial charge in [0.25, 0.3) is 0 Å². The molecule has 0 aliphatic carbocycles. The molecule has 24 heavy (non-hydrogen) atoms. The minimum atomic E-state index is -4.40. The maximum absolute atomic E-state index is 12.5. The second-order valence-corrected chi connectivity index (χ2v) is 7.42. The van der Waals surface area contributed by atoms with Crippen molar-refractivity contribution in [1.29, 1.82) is 0 Å². The van der Waals surface area contributed by atoms with Crippen molar-refractivity contribution in [2.45, 2.75) is 46.2 Å². The van der Waals surface area contributed by atoms with Crippen molar-refractivity contribution in [3.05, 3.63) is 39.5 Å². The predicted octanol–water partition coefficient (Wildman–Crippen LogP) is 5.00. The number of aryl methyl sites for hydroxylation is 1. The van der Waals surface area contributed by atoms with E-state index in [9.17, 15) is 13.2 Å². The zero-order valence-corrected chi connectivity index (χ0v) is 14.9. The number of aromatic nitrogens is 2. The van der Waals surface area contributed by atoms with Crippen LogP contribution in [0.2, 0.25) is 0 Å². The molecule has 0 spiro atoms. The molecule has 0 aliphatic heterocycles. The van der Waals surface area contributed by atoms with Crippen LogP contribution in [0.3, 0.4) is 0 Å². The van der Waals surface area contributed by atoms with Gasteiger partial charge in [-0.1, -0.05) is 20.8 Å². The van der Waals surface area contributed by atoms with Gasteiger partial charge in [-0.05, 0) is 26.0 Å². The Morgan fingerprint density at radius 2 is 1.88 bits per heavy atom. The van der Waals surface area contributed by atoms with Crippen LogP contribution in [-0.4, -0.2) is 15.7 Å². The SMILES string of the molecule is C/C(=N\Nc1ccc(C(F)(F)F)cn1)c1sc(C(C)(C)C)nc1C. The average Bonchev–Trinajstić information content (AvgIpc) is 2.86. The van der Waals surface area contributed by atoms with Crippen LogP contribution in [0.4, 0.5) is 19.0 Å². The van der Waals surface area contributed by atoms with Gasteiger partial charge in [0.2, 0.25) is 0 Å². The molecule has 2 heterocycles. The Morgan fingerprint density at radius 3 is 2.33 bits per heavy atom. The van der Waals surface area contributed by atoms with E-state index >= 15 is 0 Å². The Morgan fingerprint density at radius 1 is 1.21 bits per heavy atom. The first-order valence-electron chi connectivity index (χ1n) is 7.30. The summed E-state index contributed by atoms with van der Waals surface area (Å²) in [4.78, 5) is 9.24. The van der Waals surface area contributed by atoms with E-state index < -0.39 is 11.7 Å². The third-order valence-electron chi connectivity index (χ3n) is 3.20. The molecule has 4 nitrogen and oxygen atoms in total. The van der Waals surface area contributed by atoms with Crippen molar-refractivity contribution in [3.63, 3.8) is 0 Å². The van der Waals surface area contributed by atoms with Crippen molar-refractivity contribution in [3.8, 4) is 0 Å². The van der Waals surface area contributed by atoms with Gasteiger partial charge in [0.1, 0.15) is 5.82 Å². The molecule has 2 aromatic rings. The third-order valence-corrected chi connectivity index (χ3v) is 4.89. The lowest BCUT2D eigenvalue weighted by Gasteiger charge is -2.13. The molecule has 0 aromatic carbocycles. The predicted molar refractivity (Wildman–Crippen MR) is 90.6 cm³/mol. The van der Waals surface area contributed by atoms with E-state index in [0.29, 0.717) is 5.71 Å². The number of anilines is 1. The molecule has 0 bridgehead atoms. The number of hydrogen-bond donors (Lipinski definition) is 1. The zero-order valence-electron chi connectivity index (χ0n) is 14.1. The van der Waals surface area contributed by atoms with Crippen molar-refractivity contribution < 1.29 is 13.2 Å². The second-order valence-electron chi connectivity index (χ2n) is 6.42. The van der Waals surface area contributed by atoms with E-state index in [0.717, 1.165) is 27.8 Å². The fourth-order valence-corrected chi connectivity index (χ4v) is 2.94. The lowest BCUT2D eigenvalue weighted by Crippen LogP contribution is -2.10. The molecule has 0 radical (unpaired) electrons. The minimum absolute atomic E-state index is 0.0453. The van der Waals surface area contributed by atoms with Crippen molar-refractivity contribution in [2.24, 2.45) is 5.10 Å². The topological polar surface area (TPSA) is 50.2 Å². The summed E-state index contributed by atoms with van der Waals surface area (Å²) in [7, 11) is 0. The van der Waals surface area contributed by atoms with Gasteiger partial charge >= 0.3 is 6.18 Å². The standard InChI is InChI=1S/C16H19F3N4S/c1-9-13(24-14(21-9)15(3,4)5)10(2)22-23-12-7-6-11(8-20-12)16(17,18)19/h6-8H,1-5H3,(H,20,23)/b22-10+. The fraction of sp³-hybridized carbons (Fsp3) is 0.438. The number of halogens is 3. The Kier molecular flexibility index (Phi) is 4.98. The first-order chi connectivity index (χ1) is 11.0. The van der Waals surface area contributed by atoms with E-state index in [1.54, 1.807) is 11.3 Å². The molecular weight excluding hydrogens is 337 g/mol. The molecule has 1 N–H and O–H groups in total. The van der Waals surface area contributed by atoms with Gasteiger partial charge in [-0.15, -0.1) is 11.3 Å². The smallest absolute Gasteiger partial charge is 0.261 e.